The second-order valence-electron chi connectivity index (χ2n) is 4.01. The van der Waals surface area contributed by atoms with Crippen LogP contribution >= 0.6 is 11.6 Å². The van der Waals surface area contributed by atoms with Gasteiger partial charge in [0.2, 0.25) is 10.0 Å². The summed E-state index contributed by atoms with van der Waals surface area (Å²) in [5.74, 6) is 0.651. The highest BCUT2D eigenvalue weighted by Gasteiger charge is 2.19. The highest BCUT2D eigenvalue weighted by atomic mass is 35.5. The lowest BCUT2D eigenvalue weighted by Gasteiger charge is -2.13. The normalized spacial score (nSPS) is 14.9. The Morgan fingerprint density at radius 1 is 1.53 bits per heavy atom. The monoisotopic (exact) mass is 325 g/mol. The molecule has 0 saturated carbocycles. The smallest absolute Gasteiger partial charge is 0.242 e. The quantitative estimate of drug-likeness (QED) is 0.808. The molecule has 0 spiro atoms. The molecule has 1 aromatic heterocycles. The number of hydrogen-bond donors (Lipinski definition) is 2. The van der Waals surface area contributed by atoms with Crippen molar-refractivity contribution in [1.82, 2.24) is 9.71 Å². The van der Waals surface area contributed by atoms with Gasteiger partial charge in [-0.1, -0.05) is 11.6 Å². The molecule has 0 fully saturated rings. The van der Waals surface area contributed by atoms with E-state index in [1.165, 1.54) is 18.5 Å². The van der Waals surface area contributed by atoms with E-state index in [0.29, 0.717) is 5.82 Å². The number of nitrogens with one attached hydrogen (secondary N) is 2. The summed E-state index contributed by atoms with van der Waals surface area (Å²) in [5, 5.41) is 2.96. The third-order valence-corrected chi connectivity index (χ3v) is 5.02. The SMILES string of the molecule is CNc1ncc(S(=O)(=O)NC(C)CS(C)=O)cc1Cl. The fourth-order valence-corrected chi connectivity index (χ4v) is 3.90. The number of hydrogen-bond acceptors (Lipinski definition) is 5. The molecule has 2 N–H and O–H groups in total. The summed E-state index contributed by atoms with van der Waals surface area (Å²) in [4.78, 5) is 3.89. The summed E-state index contributed by atoms with van der Waals surface area (Å²) in [6.45, 7) is 1.65. The van der Waals surface area contributed by atoms with E-state index >= 15 is 0 Å². The van der Waals surface area contributed by atoms with E-state index in [-0.39, 0.29) is 15.7 Å². The van der Waals surface area contributed by atoms with E-state index in [9.17, 15) is 12.6 Å². The van der Waals surface area contributed by atoms with Crippen molar-refractivity contribution in [2.45, 2.75) is 17.9 Å². The Labute approximate surface area is 120 Å². The first-order chi connectivity index (χ1) is 8.76. The maximum absolute atomic E-state index is 12.0. The van der Waals surface area contributed by atoms with Crippen LogP contribution in [0.15, 0.2) is 17.2 Å². The molecule has 0 aliphatic carbocycles. The Morgan fingerprint density at radius 3 is 2.63 bits per heavy atom. The molecule has 0 bridgehead atoms. The van der Waals surface area contributed by atoms with Gasteiger partial charge in [-0.2, -0.15) is 0 Å². The second-order valence-corrected chi connectivity index (χ2v) is 7.61. The predicted molar refractivity (Wildman–Crippen MR) is 77.5 cm³/mol. The zero-order valence-electron chi connectivity index (χ0n) is 10.8. The molecule has 6 nitrogen and oxygen atoms in total. The topological polar surface area (TPSA) is 88.2 Å². The first-order valence-electron chi connectivity index (χ1n) is 5.42. The Balaban J connectivity index is 2.94. The first kappa shape index (κ1) is 16.4. The Bertz CT molecular complexity index is 577. The third-order valence-electron chi connectivity index (χ3n) is 2.20. The second kappa shape index (κ2) is 6.65. The van der Waals surface area contributed by atoms with Gasteiger partial charge in [-0.15, -0.1) is 0 Å². The van der Waals surface area contributed by atoms with Gasteiger partial charge in [0, 0.05) is 42.1 Å². The van der Waals surface area contributed by atoms with Crippen molar-refractivity contribution in [3.8, 4) is 0 Å². The number of halogens is 1. The number of sulfonamides is 1. The third kappa shape index (κ3) is 4.72. The molecule has 0 radical (unpaired) electrons. The van der Waals surface area contributed by atoms with Crippen molar-refractivity contribution in [3.63, 3.8) is 0 Å². The lowest BCUT2D eigenvalue weighted by Crippen LogP contribution is -2.36. The van der Waals surface area contributed by atoms with Crippen molar-refractivity contribution in [1.29, 1.82) is 0 Å². The Kier molecular flexibility index (Phi) is 5.72. The minimum atomic E-state index is -3.71. The van der Waals surface area contributed by atoms with Crippen LogP contribution < -0.4 is 10.0 Å². The van der Waals surface area contributed by atoms with Crippen molar-refractivity contribution in [3.05, 3.63) is 17.3 Å². The largest absolute Gasteiger partial charge is 0.372 e. The molecule has 2 atom stereocenters. The molecule has 1 aromatic rings. The van der Waals surface area contributed by atoms with Crippen LogP contribution in [-0.4, -0.2) is 42.7 Å². The molecule has 0 saturated heterocycles. The molecule has 9 heteroatoms. The summed E-state index contributed by atoms with van der Waals surface area (Å²) in [6, 6.07) is 0.886. The standard InChI is InChI=1S/C10H16ClN3O3S2/c1-7(6-18(3)15)14-19(16,17)8-4-9(11)10(12-2)13-5-8/h4-5,7,14H,6H2,1-3H3,(H,12,13). The van der Waals surface area contributed by atoms with Gasteiger partial charge in [-0.05, 0) is 13.0 Å². The van der Waals surface area contributed by atoms with E-state index in [1.54, 1.807) is 14.0 Å². The van der Waals surface area contributed by atoms with Crippen LogP contribution in [0.3, 0.4) is 0 Å². The lowest BCUT2D eigenvalue weighted by molar-refractivity contribution is 0.569. The fraction of sp³-hybridized carbons (Fsp3) is 0.500. The van der Waals surface area contributed by atoms with Crippen LogP contribution in [0.1, 0.15) is 6.92 Å². The molecular formula is C10H16ClN3O3S2. The van der Waals surface area contributed by atoms with Gasteiger partial charge in [0.1, 0.15) is 10.7 Å². The molecule has 19 heavy (non-hydrogen) atoms. The Hall–Kier alpha value is -0.700. The van der Waals surface area contributed by atoms with Crippen LogP contribution in [0.2, 0.25) is 5.02 Å². The zero-order valence-corrected chi connectivity index (χ0v) is 13.2. The number of rotatable bonds is 6. The van der Waals surface area contributed by atoms with Crippen LogP contribution in [0.4, 0.5) is 5.82 Å². The molecule has 1 heterocycles. The molecule has 0 aliphatic heterocycles. The molecule has 0 aromatic carbocycles. The van der Waals surface area contributed by atoms with E-state index in [0.717, 1.165) is 0 Å². The minimum absolute atomic E-state index is 0.0229. The molecule has 0 amide bonds. The maximum Gasteiger partial charge on any atom is 0.242 e. The van der Waals surface area contributed by atoms with Gasteiger partial charge in [0.15, 0.2) is 0 Å². The fourth-order valence-electron chi connectivity index (χ4n) is 1.47. The maximum atomic E-state index is 12.0. The Morgan fingerprint density at radius 2 is 2.16 bits per heavy atom. The first-order valence-corrected chi connectivity index (χ1v) is 9.00. The highest BCUT2D eigenvalue weighted by Crippen LogP contribution is 2.21. The summed E-state index contributed by atoms with van der Waals surface area (Å²) in [7, 11) is -3.15. The van der Waals surface area contributed by atoms with Gasteiger partial charge >= 0.3 is 0 Å². The van der Waals surface area contributed by atoms with E-state index in [2.05, 4.69) is 15.0 Å². The van der Waals surface area contributed by atoms with Crippen LogP contribution in [-0.2, 0) is 20.8 Å². The van der Waals surface area contributed by atoms with Crippen molar-refractivity contribution >= 4 is 38.2 Å². The summed E-state index contributed by atoms with van der Waals surface area (Å²) < 4.78 is 37.6. The van der Waals surface area contributed by atoms with E-state index < -0.39 is 26.9 Å². The van der Waals surface area contributed by atoms with Crippen molar-refractivity contribution in [2.75, 3.05) is 24.4 Å². The zero-order chi connectivity index (χ0) is 14.6. The lowest BCUT2D eigenvalue weighted by atomic mass is 10.4. The van der Waals surface area contributed by atoms with E-state index in [1.807, 2.05) is 0 Å². The van der Waals surface area contributed by atoms with Gasteiger partial charge in [0.25, 0.3) is 0 Å². The molecular weight excluding hydrogens is 310 g/mol. The summed E-state index contributed by atoms with van der Waals surface area (Å²) in [5.41, 5.74) is 0. The van der Waals surface area contributed by atoms with Crippen LogP contribution in [0.5, 0.6) is 0 Å². The summed E-state index contributed by atoms with van der Waals surface area (Å²) in [6.07, 6.45) is 2.74. The van der Waals surface area contributed by atoms with Crippen LogP contribution in [0, 0.1) is 0 Å². The van der Waals surface area contributed by atoms with Gasteiger partial charge in [-0.25, -0.2) is 18.1 Å². The predicted octanol–water partition coefficient (Wildman–Crippen LogP) is 0.822. The number of aromatic nitrogens is 1. The van der Waals surface area contributed by atoms with Crippen molar-refractivity contribution in [2.24, 2.45) is 0 Å². The number of pyridine rings is 1. The molecule has 0 aliphatic rings. The molecule has 1 rings (SSSR count). The van der Waals surface area contributed by atoms with Crippen molar-refractivity contribution < 1.29 is 12.6 Å². The highest BCUT2D eigenvalue weighted by molar-refractivity contribution is 7.89. The van der Waals surface area contributed by atoms with Gasteiger partial charge < -0.3 is 5.32 Å². The van der Waals surface area contributed by atoms with Gasteiger partial charge in [0.05, 0.1) is 5.02 Å². The molecule has 2 unspecified atom stereocenters. The minimum Gasteiger partial charge on any atom is -0.372 e. The average molecular weight is 326 g/mol. The van der Waals surface area contributed by atoms with E-state index in [4.69, 9.17) is 11.6 Å². The van der Waals surface area contributed by atoms with Crippen LogP contribution in [0.25, 0.3) is 0 Å². The summed E-state index contributed by atoms with van der Waals surface area (Å²) >= 11 is 5.89. The number of anilines is 1. The number of nitrogens with zero attached hydrogens (tertiary/aromatic N) is 1. The van der Waals surface area contributed by atoms with Gasteiger partial charge in [-0.3, -0.25) is 4.21 Å². The molecule has 108 valence electrons. The average Bonchev–Trinajstić information content (AvgIpc) is 2.26.